The van der Waals surface area contributed by atoms with Gasteiger partial charge in [0.15, 0.2) is 0 Å². The van der Waals surface area contributed by atoms with Crippen LogP contribution in [0.15, 0.2) is 176 Å². The number of anilines is 3. The van der Waals surface area contributed by atoms with E-state index in [9.17, 15) is 0 Å². The van der Waals surface area contributed by atoms with Crippen molar-refractivity contribution in [2.24, 2.45) is 0 Å². The maximum absolute atomic E-state index is 2.72. The van der Waals surface area contributed by atoms with E-state index in [-0.39, 0.29) is 27.3 Å². The Balaban J connectivity index is 1.01. The highest BCUT2D eigenvalue weighted by molar-refractivity contribution is 5.86. The highest BCUT2D eigenvalue weighted by atomic mass is 15.2. The molecule has 0 aromatic heterocycles. The normalized spacial score (nSPS) is 17.2. The lowest BCUT2D eigenvalue weighted by Gasteiger charge is -2.47. The van der Waals surface area contributed by atoms with Gasteiger partial charge in [0, 0.05) is 39.0 Å². The van der Waals surface area contributed by atoms with Crippen molar-refractivity contribution in [1.82, 2.24) is 0 Å². The molecule has 11 rings (SSSR count). The summed E-state index contributed by atoms with van der Waals surface area (Å²) in [6, 6.07) is 58.6. The summed E-state index contributed by atoms with van der Waals surface area (Å²) >= 11 is 0. The first kappa shape index (κ1) is 44.1. The molecule has 0 bridgehead atoms. The predicted molar refractivity (Wildman–Crippen MR) is 289 cm³/mol. The van der Waals surface area contributed by atoms with Crippen molar-refractivity contribution >= 4 is 17.1 Å². The van der Waals surface area contributed by atoms with E-state index in [0.717, 1.165) is 32.1 Å². The molecule has 1 atom stereocenters. The number of allylic oxidation sites excluding steroid dienone is 3. The van der Waals surface area contributed by atoms with Crippen LogP contribution in [0, 0.1) is 0 Å². The van der Waals surface area contributed by atoms with Crippen LogP contribution in [0.1, 0.15) is 146 Å². The predicted octanol–water partition coefficient (Wildman–Crippen LogP) is 17.8. The quantitative estimate of drug-likeness (QED) is 0.128. The summed E-state index contributed by atoms with van der Waals surface area (Å²) in [6.07, 6.45) is 12.3. The first-order valence-corrected chi connectivity index (χ1v) is 25.5. The Bertz CT molecular complexity index is 3190. The van der Waals surface area contributed by atoms with E-state index >= 15 is 0 Å². The number of rotatable bonds is 11. The molecule has 7 aromatic carbocycles. The second kappa shape index (κ2) is 15.8. The molecule has 0 heterocycles. The van der Waals surface area contributed by atoms with Crippen molar-refractivity contribution in [3.63, 3.8) is 0 Å². The van der Waals surface area contributed by atoms with E-state index in [0.29, 0.717) is 0 Å². The maximum atomic E-state index is 2.72. The molecule has 4 aliphatic carbocycles. The van der Waals surface area contributed by atoms with Crippen LogP contribution in [0.3, 0.4) is 0 Å². The largest absolute Gasteiger partial charge is 0.332 e. The Labute approximate surface area is 407 Å². The van der Waals surface area contributed by atoms with Crippen molar-refractivity contribution in [2.45, 2.75) is 129 Å². The summed E-state index contributed by atoms with van der Waals surface area (Å²) in [5.74, 6) is 0. The third kappa shape index (κ3) is 6.28. The van der Waals surface area contributed by atoms with Gasteiger partial charge in [0.2, 0.25) is 0 Å². The molecule has 0 saturated carbocycles. The number of fused-ring (bicyclic) bond motifs is 9. The lowest BCUT2D eigenvalue weighted by Crippen LogP contribution is -2.45. The molecule has 0 radical (unpaired) electrons. The summed E-state index contributed by atoms with van der Waals surface area (Å²) in [4.78, 5) is 5.35. The first-order valence-electron chi connectivity index (χ1n) is 25.5. The Hall–Kier alpha value is -6.38. The summed E-state index contributed by atoms with van der Waals surface area (Å²) in [5.41, 5.74) is 23.4. The van der Waals surface area contributed by atoms with Gasteiger partial charge in [0.1, 0.15) is 0 Å². The summed E-state index contributed by atoms with van der Waals surface area (Å²) < 4.78 is 0. The van der Waals surface area contributed by atoms with E-state index < -0.39 is 0 Å². The third-order valence-electron chi connectivity index (χ3n) is 17.5. The smallest absolute Gasteiger partial charge is 0.0697 e. The zero-order valence-electron chi connectivity index (χ0n) is 42.1. The van der Waals surface area contributed by atoms with Gasteiger partial charge in [-0.3, -0.25) is 0 Å². The molecule has 4 aliphatic rings. The lowest BCUT2D eigenvalue weighted by molar-refractivity contribution is 0.393. The number of hydrogen-bond acceptors (Lipinski definition) is 2. The van der Waals surface area contributed by atoms with Crippen LogP contribution in [0.5, 0.6) is 0 Å². The SMILES string of the molecule is CCC(C)(c1ccc2c(c1)C(C)(C)c1cc(C(CC)(CC)N(C3=CCCC=C3)c3ccc4c(c3)C(C)(C)c3ccccc3-4)ccc1-2)N(c1ccccc1)c1ccc2c(c1)C(C)(C)c1ccccc1-2. The van der Waals surface area contributed by atoms with Crippen LogP contribution in [0.2, 0.25) is 0 Å². The van der Waals surface area contributed by atoms with Crippen molar-refractivity contribution in [3.05, 3.63) is 220 Å². The van der Waals surface area contributed by atoms with Gasteiger partial charge in [-0.2, -0.15) is 0 Å². The van der Waals surface area contributed by atoms with Crippen molar-refractivity contribution < 1.29 is 0 Å². The van der Waals surface area contributed by atoms with Gasteiger partial charge in [-0.25, -0.2) is 0 Å². The molecule has 7 aromatic rings. The molecule has 0 N–H and O–H groups in total. The van der Waals surface area contributed by atoms with Gasteiger partial charge in [-0.1, -0.05) is 190 Å². The molecule has 0 fully saturated rings. The Kier molecular flexibility index (Phi) is 10.3. The Morgan fingerprint density at radius 2 is 0.853 bits per heavy atom. The van der Waals surface area contributed by atoms with Crippen molar-refractivity contribution in [2.75, 3.05) is 9.80 Å². The minimum atomic E-state index is -0.344. The minimum Gasteiger partial charge on any atom is -0.332 e. The highest BCUT2D eigenvalue weighted by Gasteiger charge is 2.45. The third-order valence-corrected chi connectivity index (χ3v) is 17.5. The summed E-state index contributed by atoms with van der Waals surface area (Å²) in [5, 5.41) is 0. The zero-order chi connectivity index (χ0) is 47.4. The first-order chi connectivity index (χ1) is 32.7. The number of nitrogens with zero attached hydrogens (tertiary/aromatic N) is 2. The van der Waals surface area contributed by atoms with Gasteiger partial charge in [-0.15, -0.1) is 0 Å². The van der Waals surface area contributed by atoms with Crippen LogP contribution in [0.4, 0.5) is 17.1 Å². The number of benzene rings is 7. The minimum absolute atomic E-state index is 0.0791. The summed E-state index contributed by atoms with van der Waals surface area (Å²) in [6.45, 7) is 24.1. The molecule has 2 nitrogen and oxygen atoms in total. The molecule has 2 heteroatoms. The Morgan fingerprint density at radius 1 is 0.412 bits per heavy atom. The highest BCUT2D eigenvalue weighted by Crippen LogP contribution is 2.56. The monoisotopic (exact) mass is 889 g/mol. The fraction of sp³-hybridized carbons (Fsp3) is 0.303. The van der Waals surface area contributed by atoms with Crippen LogP contribution in [0.25, 0.3) is 33.4 Å². The average molecular weight is 889 g/mol. The second-order valence-corrected chi connectivity index (χ2v) is 21.9. The van der Waals surface area contributed by atoms with Crippen molar-refractivity contribution in [1.29, 1.82) is 0 Å². The standard InChI is InChI=1S/C66H68N2/c1-11-65(10,67(46-24-16-14-17-25-46)48-34-38-54-50-28-20-22-30-56(50)62(4,5)60(54)42-48)44-32-36-52-53-37-33-45(41-59(53)64(8,9)58(52)40-44)66(12-2,13-3)68(47-26-18-15-19-27-47)49-35-39-55-51-29-21-23-31-57(51)63(6,7)61(55)43-49/h14,16-18,20-43H,11-13,15,19H2,1-10H3. The number of para-hydroxylation sites is 1. The molecule has 68 heavy (non-hydrogen) atoms. The van der Waals surface area contributed by atoms with Crippen LogP contribution < -0.4 is 9.80 Å². The summed E-state index contributed by atoms with van der Waals surface area (Å²) in [7, 11) is 0. The van der Waals surface area contributed by atoms with Crippen LogP contribution in [-0.4, -0.2) is 0 Å². The van der Waals surface area contributed by atoms with Gasteiger partial charge >= 0.3 is 0 Å². The lowest BCUT2D eigenvalue weighted by atomic mass is 9.76. The maximum Gasteiger partial charge on any atom is 0.0697 e. The molecule has 0 saturated heterocycles. The molecule has 342 valence electrons. The van der Waals surface area contributed by atoms with Gasteiger partial charge in [0.25, 0.3) is 0 Å². The van der Waals surface area contributed by atoms with Gasteiger partial charge < -0.3 is 9.80 Å². The van der Waals surface area contributed by atoms with E-state index in [1.54, 1.807) is 0 Å². The fourth-order valence-electron chi connectivity index (χ4n) is 13.3. The van der Waals surface area contributed by atoms with Crippen LogP contribution in [-0.2, 0) is 27.3 Å². The van der Waals surface area contributed by atoms with E-state index in [2.05, 4.69) is 249 Å². The van der Waals surface area contributed by atoms with Crippen molar-refractivity contribution in [3.8, 4) is 33.4 Å². The van der Waals surface area contributed by atoms with Gasteiger partial charge in [-0.05, 0) is 159 Å². The zero-order valence-corrected chi connectivity index (χ0v) is 42.1. The van der Waals surface area contributed by atoms with E-state index in [4.69, 9.17) is 0 Å². The molecule has 1 unspecified atom stereocenters. The fourth-order valence-corrected chi connectivity index (χ4v) is 13.3. The van der Waals surface area contributed by atoms with Crippen LogP contribution >= 0.6 is 0 Å². The molecule has 0 amide bonds. The second-order valence-electron chi connectivity index (χ2n) is 21.9. The van der Waals surface area contributed by atoms with E-state index in [1.165, 1.54) is 101 Å². The molecular weight excluding hydrogens is 821 g/mol. The number of hydrogen-bond donors (Lipinski definition) is 0. The van der Waals surface area contributed by atoms with E-state index in [1.807, 2.05) is 0 Å². The molecular formula is C66H68N2. The van der Waals surface area contributed by atoms with Gasteiger partial charge in [0.05, 0.1) is 11.1 Å². The molecule has 0 spiro atoms. The topological polar surface area (TPSA) is 6.48 Å². The molecule has 0 aliphatic heterocycles. The Morgan fingerprint density at radius 3 is 1.37 bits per heavy atom. The average Bonchev–Trinajstić information content (AvgIpc) is 3.85.